The Kier molecular flexibility index (Phi) is 4.75. The molecule has 1 aromatic heterocycles. The number of aromatic nitrogens is 2. The maximum Gasteiger partial charge on any atom is 0.227 e. The zero-order valence-electron chi connectivity index (χ0n) is 16.1. The van der Waals surface area contributed by atoms with E-state index in [2.05, 4.69) is 4.57 Å². The molecule has 6 heteroatoms. The van der Waals surface area contributed by atoms with Crippen molar-refractivity contribution in [2.45, 2.75) is 18.9 Å². The van der Waals surface area contributed by atoms with Crippen molar-refractivity contribution in [3.63, 3.8) is 0 Å². The molecule has 1 fully saturated rings. The molecule has 0 N–H and O–H groups in total. The van der Waals surface area contributed by atoms with Crippen molar-refractivity contribution >= 4 is 34.2 Å². The number of carbonyl (C=O) groups excluding carboxylic acids is 1. The van der Waals surface area contributed by atoms with E-state index in [0.29, 0.717) is 24.5 Å². The Balaban J connectivity index is 1.52. The van der Waals surface area contributed by atoms with Crippen molar-refractivity contribution < 1.29 is 9.18 Å². The average Bonchev–Trinajstić information content (AvgIpc) is 3.30. The average molecular weight is 420 g/mol. The first-order valence-electron chi connectivity index (χ1n) is 9.84. The van der Waals surface area contributed by atoms with Gasteiger partial charge in [0.05, 0.1) is 11.0 Å². The monoisotopic (exact) mass is 419 g/mol. The van der Waals surface area contributed by atoms with Gasteiger partial charge >= 0.3 is 0 Å². The van der Waals surface area contributed by atoms with Gasteiger partial charge in [-0.15, -0.1) is 0 Å². The fraction of sp³-hybridized carbons (Fsp3) is 0.167. The molecule has 4 aromatic rings. The highest BCUT2D eigenvalue weighted by molar-refractivity contribution is 6.30. The number of imidazole rings is 1. The standard InChI is InChI=1S/C24H19ClFN3O/c25-18-4-3-5-20(13-18)28-15-17(12-23(28)30)24-27-21-6-1-2-7-22(21)29(24)14-16-8-10-19(26)11-9-16/h1-11,13,17H,12,14-15H2/t17-/m0/s1. The predicted molar refractivity (Wildman–Crippen MR) is 116 cm³/mol. The van der Waals surface area contributed by atoms with Crippen LogP contribution in [0.3, 0.4) is 0 Å². The third kappa shape index (κ3) is 3.46. The van der Waals surface area contributed by atoms with Gasteiger partial charge in [-0.1, -0.05) is 41.9 Å². The lowest BCUT2D eigenvalue weighted by atomic mass is 10.1. The number of benzene rings is 3. The highest BCUT2D eigenvalue weighted by atomic mass is 35.5. The van der Waals surface area contributed by atoms with E-state index in [1.54, 1.807) is 23.1 Å². The SMILES string of the molecule is O=C1C[C@H](c2nc3ccccc3n2Cc2ccc(F)cc2)CN1c1cccc(Cl)c1. The summed E-state index contributed by atoms with van der Waals surface area (Å²) in [5, 5.41) is 0.604. The van der Waals surface area contributed by atoms with Crippen LogP contribution in [0.25, 0.3) is 11.0 Å². The van der Waals surface area contributed by atoms with Crippen molar-refractivity contribution in [1.29, 1.82) is 0 Å². The molecule has 150 valence electrons. The summed E-state index contributed by atoms with van der Waals surface area (Å²) in [6.07, 6.45) is 0.388. The number of anilines is 1. The molecular formula is C24H19ClFN3O. The molecule has 1 saturated heterocycles. The highest BCUT2D eigenvalue weighted by Crippen LogP contribution is 2.34. The minimum absolute atomic E-state index is 0.0377. The van der Waals surface area contributed by atoms with Crippen LogP contribution >= 0.6 is 11.6 Å². The molecule has 1 aliphatic rings. The van der Waals surface area contributed by atoms with Crippen LogP contribution in [0.5, 0.6) is 0 Å². The summed E-state index contributed by atoms with van der Waals surface area (Å²) in [4.78, 5) is 19.4. The second kappa shape index (κ2) is 7.58. The molecule has 3 aromatic carbocycles. The van der Waals surface area contributed by atoms with E-state index in [1.165, 1.54) is 12.1 Å². The molecule has 0 unspecified atom stereocenters. The Labute approximate surface area is 178 Å². The van der Waals surface area contributed by atoms with Crippen LogP contribution in [-0.2, 0) is 11.3 Å². The van der Waals surface area contributed by atoms with E-state index < -0.39 is 0 Å². The topological polar surface area (TPSA) is 38.1 Å². The largest absolute Gasteiger partial charge is 0.323 e. The van der Waals surface area contributed by atoms with Crippen LogP contribution in [0.1, 0.15) is 23.7 Å². The number of hydrogen-bond donors (Lipinski definition) is 0. The molecule has 0 saturated carbocycles. The zero-order chi connectivity index (χ0) is 20.7. The second-order valence-corrected chi connectivity index (χ2v) is 7.99. The summed E-state index contributed by atoms with van der Waals surface area (Å²) in [5.74, 6) is 0.637. The molecule has 1 atom stereocenters. The quantitative estimate of drug-likeness (QED) is 0.444. The number of para-hydroxylation sites is 2. The van der Waals surface area contributed by atoms with E-state index in [1.807, 2.05) is 42.5 Å². The van der Waals surface area contributed by atoms with Gasteiger partial charge in [-0.05, 0) is 48.0 Å². The van der Waals surface area contributed by atoms with E-state index in [9.17, 15) is 9.18 Å². The number of carbonyl (C=O) groups is 1. The number of fused-ring (bicyclic) bond motifs is 1. The summed E-state index contributed by atoms with van der Waals surface area (Å²) in [6, 6.07) is 21.8. The van der Waals surface area contributed by atoms with Crippen LogP contribution in [0.2, 0.25) is 5.02 Å². The minimum atomic E-state index is -0.256. The molecule has 1 aliphatic heterocycles. The van der Waals surface area contributed by atoms with Crippen LogP contribution in [0, 0.1) is 5.82 Å². The fourth-order valence-electron chi connectivity index (χ4n) is 4.12. The molecule has 0 spiro atoms. The lowest BCUT2D eigenvalue weighted by molar-refractivity contribution is -0.117. The van der Waals surface area contributed by atoms with E-state index in [4.69, 9.17) is 16.6 Å². The summed E-state index contributed by atoms with van der Waals surface area (Å²) < 4.78 is 15.5. The highest BCUT2D eigenvalue weighted by Gasteiger charge is 2.34. The number of nitrogens with zero attached hydrogens (tertiary/aromatic N) is 3. The third-order valence-corrected chi connectivity index (χ3v) is 5.78. The first kappa shape index (κ1) is 18.8. The molecule has 2 heterocycles. The van der Waals surface area contributed by atoms with Crippen molar-refractivity contribution in [3.05, 3.63) is 95.0 Å². The number of rotatable bonds is 4. The van der Waals surface area contributed by atoms with Gasteiger partial charge in [0, 0.05) is 36.1 Å². The van der Waals surface area contributed by atoms with Gasteiger partial charge in [0.25, 0.3) is 0 Å². The van der Waals surface area contributed by atoms with Gasteiger partial charge in [-0.25, -0.2) is 9.37 Å². The molecule has 0 bridgehead atoms. The van der Waals surface area contributed by atoms with Gasteiger partial charge < -0.3 is 9.47 Å². The van der Waals surface area contributed by atoms with E-state index >= 15 is 0 Å². The first-order chi connectivity index (χ1) is 14.6. The summed E-state index contributed by atoms with van der Waals surface area (Å²) in [7, 11) is 0. The van der Waals surface area contributed by atoms with Crippen LogP contribution in [0.15, 0.2) is 72.8 Å². The maximum atomic E-state index is 13.3. The Hall–Kier alpha value is -3.18. The van der Waals surface area contributed by atoms with E-state index in [0.717, 1.165) is 28.1 Å². The lowest BCUT2D eigenvalue weighted by Crippen LogP contribution is -2.24. The second-order valence-electron chi connectivity index (χ2n) is 7.56. The third-order valence-electron chi connectivity index (χ3n) is 5.55. The molecule has 5 rings (SSSR count). The predicted octanol–water partition coefficient (Wildman–Crippen LogP) is 5.40. The Bertz CT molecular complexity index is 1230. The molecule has 4 nitrogen and oxygen atoms in total. The van der Waals surface area contributed by atoms with Gasteiger partial charge in [-0.3, -0.25) is 4.79 Å². The molecule has 0 radical (unpaired) electrons. The van der Waals surface area contributed by atoms with Crippen molar-refractivity contribution in [3.8, 4) is 0 Å². The normalized spacial score (nSPS) is 16.5. The molecule has 1 amide bonds. The Morgan fingerprint density at radius 3 is 2.63 bits per heavy atom. The van der Waals surface area contributed by atoms with Gasteiger partial charge in [0.15, 0.2) is 0 Å². The maximum absolute atomic E-state index is 13.3. The molecule has 30 heavy (non-hydrogen) atoms. The molecular weight excluding hydrogens is 401 g/mol. The van der Waals surface area contributed by atoms with Gasteiger partial charge in [0.2, 0.25) is 5.91 Å². The number of halogens is 2. The number of amides is 1. The van der Waals surface area contributed by atoms with Gasteiger partial charge in [0.1, 0.15) is 11.6 Å². The Morgan fingerprint density at radius 2 is 1.83 bits per heavy atom. The van der Waals surface area contributed by atoms with E-state index in [-0.39, 0.29) is 17.6 Å². The summed E-state index contributed by atoms with van der Waals surface area (Å²) in [5.41, 5.74) is 3.68. The van der Waals surface area contributed by atoms with Crippen molar-refractivity contribution in [2.75, 3.05) is 11.4 Å². The fourth-order valence-corrected chi connectivity index (χ4v) is 4.30. The summed E-state index contributed by atoms with van der Waals surface area (Å²) >= 11 is 6.12. The van der Waals surface area contributed by atoms with Crippen molar-refractivity contribution in [2.24, 2.45) is 0 Å². The van der Waals surface area contributed by atoms with Gasteiger partial charge in [-0.2, -0.15) is 0 Å². The first-order valence-corrected chi connectivity index (χ1v) is 10.2. The summed E-state index contributed by atoms with van der Waals surface area (Å²) in [6.45, 7) is 1.11. The van der Waals surface area contributed by atoms with Crippen molar-refractivity contribution in [1.82, 2.24) is 9.55 Å². The smallest absolute Gasteiger partial charge is 0.227 e. The molecule has 0 aliphatic carbocycles. The zero-order valence-corrected chi connectivity index (χ0v) is 16.9. The van der Waals surface area contributed by atoms with Crippen LogP contribution in [0.4, 0.5) is 10.1 Å². The van der Waals surface area contributed by atoms with Crippen LogP contribution < -0.4 is 4.90 Å². The Morgan fingerprint density at radius 1 is 1.03 bits per heavy atom. The lowest BCUT2D eigenvalue weighted by Gasteiger charge is -2.18. The number of hydrogen-bond acceptors (Lipinski definition) is 2. The minimum Gasteiger partial charge on any atom is -0.323 e. The van der Waals surface area contributed by atoms with Crippen LogP contribution in [-0.4, -0.2) is 22.0 Å².